The zero-order chi connectivity index (χ0) is 17.9. The topological polar surface area (TPSA) is 63.2 Å². The monoisotopic (exact) mass is 411 g/mol. The Balaban J connectivity index is 1.87. The minimum Gasteiger partial charge on any atom is -0.350 e. The van der Waals surface area contributed by atoms with Crippen molar-refractivity contribution in [2.45, 2.75) is 10.1 Å². The Morgan fingerprint density at radius 2 is 1.72 bits per heavy atom. The molecule has 0 radical (unpaired) electrons. The number of thiophene rings is 2. The number of sulfone groups is 1. The van der Waals surface area contributed by atoms with Crippen LogP contribution in [0, 0.1) is 0 Å². The van der Waals surface area contributed by atoms with Gasteiger partial charge < -0.3 is 5.32 Å². The van der Waals surface area contributed by atoms with Crippen molar-refractivity contribution >= 4 is 50.0 Å². The molecule has 3 rings (SSSR count). The van der Waals surface area contributed by atoms with Crippen LogP contribution < -0.4 is 5.32 Å². The molecule has 0 aliphatic rings. The maximum Gasteiger partial charge on any atom is 0.261 e. The first-order chi connectivity index (χ1) is 12.0. The number of benzene rings is 1. The third kappa shape index (κ3) is 4.12. The first-order valence-electron chi connectivity index (χ1n) is 7.33. The largest absolute Gasteiger partial charge is 0.350 e. The van der Waals surface area contributed by atoms with Crippen molar-refractivity contribution in [2.75, 3.05) is 6.54 Å². The van der Waals surface area contributed by atoms with Crippen LogP contribution in [0.2, 0.25) is 5.02 Å². The van der Waals surface area contributed by atoms with Gasteiger partial charge >= 0.3 is 0 Å². The summed E-state index contributed by atoms with van der Waals surface area (Å²) in [5, 5.41) is 5.98. The Labute approximate surface area is 159 Å². The molecule has 1 aromatic carbocycles. The van der Waals surface area contributed by atoms with Crippen LogP contribution in [0.4, 0.5) is 0 Å². The van der Waals surface area contributed by atoms with Crippen molar-refractivity contribution in [1.82, 2.24) is 5.32 Å². The van der Waals surface area contributed by atoms with E-state index in [0.717, 1.165) is 0 Å². The predicted molar refractivity (Wildman–Crippen MR) is 102 cm³/mol. The van der Waals surface area contributed by atoms with Gasteiger partial charge in [-0.1, -0.05) is 23.7 Å². The molecule has 130 valence electrons. The van der Waals surface area contributed by atoms with Crippen molar-refractivity contribution in [3.05, 3.63) is 74.1 Å². The molecular weight excluding hydrogens is 398 g/mol. The fourth-order valence-corrected chi connectivity index (χ4v) is 5.86. The number of halogens is 1. The number of rotatable bonds is 6. The number of amides is 1. The Bertz CT molecular complexity index is 934. The molecule has 2 aromatic heterocycles. The lowest BCUT2D eigenvalue weighted by molar-refractivity contribution is 0.0958. The number of nitrogens with one attached hydrogen (secondary N) is 1. The van der Waals surface area contributed by atoms with Gasteiger partial charge in [-0.25, -0.2) is 8.42 Å². The minimum absolute atomic E-state index is 0.00219. The molecule has 0 aliphatic carbocycles. The van der Waals surface area contributed by atoms with E-state index in [1.807, 2.05) is 5.38 Å². The molecule has 0 unspecified atom stereocenters. The quantitative estimate of drug-likeness (QED) is 0.653. The summed E-state index contributed by atoms with van der Waals surface area (Å²) < 4.78 is 26.1. The maximum atomic E-state index is 13.1. The lowest BCUT2D eigenvalue weighted by Crippen LogP contribution is -2.31. The summed E-state index contributed by atoms with van der Waals surface area (Å²) in [6.45, 7) is 0.00219. The Morgan fingerprint density at radius 1 is 1.04 bits per heavy atom. The predicted octanol–water partition coefficient (Wildman–Crippen LogP) is 4.41. The molecular formula is C17H14ClNO3S3. The van der Waals surface area contributed by atoms with Gasteiger partial charge in [-0.15, -0.1) is 22.7 Å². The molecule has 1 atom stereocenters. The molecule has 3 aromatic rings. The fraction of sp³-hybridized carbons (Fsp3) is 0.118. The van der Waals surface area contributed by atoms with Gasteiger partial charge in [-0.05, 0) is 47.2 Å². The highest BCUT2D eigenvalue weighted by atomic mass is 35.5. The van der Waals surface area contributed by atoms with Crippen LogP contribution in [-0.4, -0.2) is 20.9 Å². The number of hydrogen-bond donors (Lipinski definition) is 1. The van der Waals surface area contributed by atoms with Gasteiger partial charge in [0.25, 0.3) is 5.91 Å². The lowest BCUT2D eigenvalue weighted by Gasteiger charge is -2.17. The lowest BCUT2D eigenvalue weighted by atomic mass is 10.3. The molecule has 2 heterocycles. The fourth-order valence-electron chi connectivity index (χ4n) is 2.31. The van der Waals surface area contributed by atoms with Crippen molar-refractivity contribution in [1.29, 1.82) is 0 Å². The summed E-state index contributed by atoms with van der Waals surface area (Å²) in [5.41, 5.74) is 0. The molecule has 8 heteroatoms. The van der Waals surface area contributed by atoms with Crippen LogP contribution >= 0.6 is 34.3 Å². The normalized spacial score (nSPS) is 12.7. The van der Waals surface area contributed by atoms with Gasteiger partial charge in [-0.2, -0.15) is 0 Å². The molecule has 1 N–H and O–H groups in total. The van der Waals surface area contributed by atoms with Crippen molar-refractivity contribution < 1.29 is 13.2 Å². The average molecular weight is 412 g/mol. The molecule has 0 spiro atoms. The summed E-state index contributed by atoms with van der Waals surface area (Å²) in [4.78, 5) is 13.6. The van der Waals surface area contributed by atoms with Gasteiger partial charge in [-0.3, -0.25) is 4.79 Å². The highest BCUT2D eigenvalue weighted by Crippen LogP contribution is 2.32. The number of carbonyl (C=O) groups is 1. The van der Waals surface area contributed by atoms with Crippen LogP contribution in [0.1, 0.15) is 19.8 Å². The molecule has 0 saturated carbocycles. The molecule has 0 aliphatic heterocycles. The van der Waals surface area contributed by atoms with E-state index >= 15 is 0 Å². The Kier molecular flexibility index (Phi) is 5.58. The van der Waals surface area contributed by atoms with E-state index in [1.54, 1.807) is 41.8 Å². The maximum absolute atomic E-state index is 13.1. The molecule has 0 saturated heterocycles. The van der Waals surface area contributed by atoms with Crippen LogP contribution in [0.3, 0.4) is 0 Å². The van der Waals surface area contributed by atoms with Crippen molar-refractivity contribution in [2.24, 2.45) is 0 Å². The van der Waals surface area contributed by atoms with Crippen LogP contribution in [-0.2, 0) is 9.84 Å². The van der Waals surface area contributed by atoms with Crippen LogP contribution in [0.15, 0.2) is 64.2 Å². The second kappa shape index (κ2) is 7.70. The van der Waals surface area contributed by atoms with Gasteiger partial charge in [0.15, 0.2) is 9.84 Å². The van der Waals surface area contributed by atoms with E-state index in [-0.39, 0.29) is 17.3 Å². The van der Waals surface area contributed by atoms with Crippen molar-refractivity contribution in [3.8, 4) is 0 Å². The molecule has 0 fully saturated rings. The molecule has 25 heavy (non-hydrogen) atoms. The smallest absolute Gasteiger partial charge is 0.261 e. The van der Waals surface area contributed by atoms with Gasteiger partial charge in [0.1, 0.15) is 5.25 Å². The van der Waals surface area contributed by atoms with E-state index in [2.05, 4.69) is 5.32 Å². The average Bonchev–Trinajstić information content (AvgIpc) is 3.29. The van der Waals surface area contributed by atoms with E-state index in [9.17, 15) is 13.2 Å². The summed E-state index contributed by atoms with van der Waals surface area (Å²) in [7, 11) is -3.66. The van der Waals surface area contributed by atoms with Gasteiger partial charge in [0, 0.05) is 16.4 Å². The standard InChI is InChI=1S/C17H14ClNO3S3/c18-12-5-7-13(8-6-12)25(21,22)16(14-3-1-9-23-14)11-19-17(20)15-4-2-10-24-15/h1-10,16H,11H2,(H,19,20)/t16-/m1/s1. The van der Waals surface area contributed by atoms with E-state index in [0.29, 0.717) is 14.8 Å². The summed E-state index contributed by atoms with van der Waals surface area (Å²) >= 11 is 8.52. The highest BCUT2D eigenvalue weighted by Gasteiger charge is 2.30. The summed E-state index contributed by atoms with van der Waals surface area (Å²) in [6, 6.07) is 13.1. The first-order valence-corrected chi connectivity index (χ1v) is 11.0. The molecule has 0 bridgehead atoms. The van der Waals surface area contributed by atoms with E-state index in [1.165, 1.54) is 34.8 Å². The zero-order valence-corrected chi connectivity index (χ0v) is 16.1. The number of hydrogen-bond acceptors (Lipinski definition) is 5. The first kappa shape index (κ1) is 18.1. The summed E-state index contributed by atoms with van der Waals surface area (Å²) in [6.07, 6.45) is 0. The number of carbonyl (C=O) groups excluding carboxylic acids is 1. The zero-order valence-electron chi connectivity index (χ0n) is 12.9. The molecule has 4 nitrogen and oxygen atoms in total. The second-order valence-corrected chi connectivity index (χ2v) is 9.68. The third-order valence-electron chi connectivity index (χ3n) is 3.57. The SMILES string of the molecule is O=C(NC[C@H](c1cccs1)S(=O)(=O)c1ccc(Cl)cc1)c1cccs1. The second-order valence-electron chi connectivity index (χ2n) is 5.19. The van der Waals surface area contributed by atoms with Gasteiger partial charge in [0.05, 0.1) is 9.77 Å². The van der Waals surface area contributed by atoms with Crippen LogP contribution in [0.5, 0.6) is 0 Å². The third-order valence-corrected chi connectivity index (χ3v) is 7.92. The van der Waals surface area contributed by atoms with Crippen LogP contribution in [0.25, 0.3) is 0 Å². The van der Waals surface area contributed by atoms with Gasteiger partial charge in [0.2, 0.25) is 0 Å². The molecule has 1 amide bonds. The Morgan fingerprint density at radius 3 is 2.32 bits per heavy atom. The van der Waals surface area contributed by atoms with E-state index in [4.69, 9.17) is 11.6 Å². The highest BCUT2D eigenvalue weighted by molar-refractivity contribution is 7.91. The Hall–Kier alpha value is -1.67. The summed E-state index contributed by atoms with van der Waals surface area (Å²) in [5.74, 6) is -0.275. The van der Waals surface area contributed by atoms with Crippen molar-refractivity contribution in [3.63, 3.8) is 0 Å². The minimum atomic E-state index is -3.66. The van der Waals surface area contributed by atoms with E-state index < -0.39 is 15.1 Å².